The van der Waals surface area contributed by atoms with E-state index in [1.807, 2.05) is 6.92 Å². The Kier molecular flexibility index (Phi) is 4.54. The molecule has 1 aromatic rings. The number of hydrogen-bond donors (Lipinski definition) is 2. The molecule has 0 unspecified atom stereocenters. The maximum absolute atomic E-state index is 11.6. The number of amides is 1. The Morgan fingerprint density at radius 1 is 1.18 bits per heavy atom. The lowest BCUT2D eigenvalue weighted by atomic mass is 10.1. The summed E-state index contributed by atoms with van der Waals surface area (Å²) in [5.41, 5.74) is 0.772. The molecule has 17 heavy (non-hydrogen) atoms. The quantitative estimate of drug-likeness (QED) is 0.832. The van der Waals surface area contributed by atoms with Gasteiger partial charge in [-0.05, 0) is 19.1 Å². The van der Waals surface area contributed by atoms with E-state index in [4.69, 9.17) is 28.3 Å². The van der Waals surface area contributed by atoms with Crippen LogP contribution in [0.25, 0.3) is 0 Å². The molecule has 1 aromatic carbocycles. The third-order valence-electron chi connectivity index (χ3n) is 1.96. The van der Waals surface area contributed by atoms with Gasteiger partial charge in [0.1, 0.15) is 4.49 Å². The van der Waals surface area contributed by atoms with Crippen molar-refractivity contribution in [3.05, 3.63) is 45.6 Å². The van der Waals surface area contributed by atoms with Crippen LogP contribution in [-0.4, -0.2) is 17.0 Å². The smallest absolute Gasteiger partial charge is 0.354 e. The SMILES string of the molecule is Cc1ccc(C(=O)NC(C(=O)O)=C(Cl)Cl)cc1. The molecule has 0 aliphatic carbocycles. The van der Waals surface area contributed by atoms with E-state index in [1.54, 1.807) is 24.3 Å². The molecule has 0 aromatic heterocycles. The molecule has 0 spiro atoms. The molecule has 0 aliphatic rings. The van der Waals surface area contributed by atoms with Crippen LogP contribution in [0.1, 0.15) is 15.9 Å². The van der Waals surface area contributed by atoms with E-state index in [2.05, 4.69) is 5.32 Å². The van der Waals surface area contributed by atoms with Crippen molar-refractivity contribution in [1.82, 2.24) is 5.32 Å². The Balaban J connectivity index is 2.89. The first-order valence-corrected chi connectivity index (χ1v) is 5.34. The minimum atomic E-state index is -1.40. The topological polar surface area (TPSA) is 66.4 Å². The van der Waals surface area contributed by atoms with Gasteiger partial charge in [-0.2, -0.15) is 0 Å². The first-order valence-electron chi connectivity index (χ1n) is 4.58. The number of carbonyl (C=O) groups excluding carboxylic acids is 1. The second-order valence-electron chi connectivity index (χ2n) is 3.26. The number of benzene rings is 1. The molecule has 0 atom stereocenters. The Hall–Kier alpha value is -1.52. The van der Waals surface area contributed by atoms with Crippen molar-refractivity contribution in [3.63, 3.8) is 0 Å². The van der Waals surface area contributed by atoms with E-state index in [0.29, 0.717) is 5.56 Å². The average molecular weight is 274 g/mol. The van der Waals surface area contributed by atoms with Crippen LogP contribution in [0.5, 0.6) is 0 Å². The van der Waals surface area contributed by atoms with Crippen molar-refractivity contribution in [1.29, 1.82) is 0 Å². The fourth-order valence-corrected chi connectivity index (χ4v) is 1.33. The van der Waals surface area contributed by atoms with E-state index >= 15 is 0 Å². The van der Waals surface area contributed by atoms with Gasteiger partial charge in [-0.25, -0.2) is 4.79 Å². The number of hydrogen-bond acceptors (Lipinski definition) is 2. The lowest BCUT2D eigenvalue weighted by molar-refractivity contribution is -0.133. The number of aryl methyl sites for hydroxylation is 1. The zero-order valence-corrected chi connectivity index (χ0v) is 10.3. The molecule has 0 bridgehead atoms. The summed E-state index contributed by atoms with van der Waals surface area (Å²) in [5, 5.41) is 10.9. The molecule has 0 saturated heterocycles. The van der Waals surface area contributed by atoms with Crippen LogP contribution in [0.4, 0.5) is 0 Å². The van der Waals surface area contributed by atoms with Crippen molar-refractivity contribution >= 4 is 35.1 Å². The van der Waals surface area contributed by atoms with Gasteiger partial charge >= 0.3 is 5.97 Å². The normalized spacial score (nSPS) is 9.59. The fourth-order valence-electron chi connectivity index (χ4n) is 1.07. The van der Waals surface area contributed by atoms with Gasteiger partial charge in [0, 0.05) is 5.56 Å². The highest BCUT2D eigenvalue weighted by molar-refractivity contribution is 6.57. The molecule has 0 saturated carbocycles. The number of nitrogens with one attached hydrogen (secondary N) is 1. The predicted octanol–water partition coefficient (Wildman–Crippen LogP) is 2.46. The van der Waals surface area contributed by atoms with Crippen molar-refractivity contribution in [2.75, 3.05) is 0 Å². The van der Waals surface area contributed by atoms with Gasteiger partial charge in [-0.1, -0.05) is 40.9 Å². The molecule has 6 heteroatoms. The molecule has 0 aliphatic heterocycles. The highest BCUT2D eigenvalue weighted by Crippen LogP contribution is 2.13. The van der Waals surface area contributed by atoms with E-state index in [0.717, 1.165) is 5.56 Å². The van der Waals surface area contributed by atoms with Gasteiger partial charge < -0.3 is 10.4 Å². The minimum absolute atomic E-state index is 0.323. The van der Waals surface area contributed by atoms with Crippen LogP contribution in [0, 0.1) is 6.92 Å². The van der Waals surface area contributed by atoms with E-state index < -0.39 is 22.1 Å². The first-order chi connectivity index (χ1) is 7.91. The zero-order chi connectivity index (χ0) is 13.0. The zero-order valence-electron chi connectivity index (χ0n) is 8.83. The molecule has 2 N–H and O–H groups in total. The predicted molar refractivity (Wildman–Crippen MR) is 65.0 cm³/mol. The van der Waals surface area contributed by atoms with Gasteiger partial charge in [0.2, 0.25) is 0 Å². The summed E-state index contributed by atoms with van der Waals surface area (Å²) in [6.07, 6.45) is 0. The Bertz CT molecular complexity index is 476. The molecular formula is C11H9Cl2NO3. The second-order valence-corrected chi connectivity index (χ2v) is 4.21. The van der Waals surface area contributed by atoms with Gasteiger partial charge in [0.05, 0.1) is 0 Å². The highest BCUT2D eigenvalue weighted by atomic mass is 35.5. The third-order valence-corrected chi connectivity index (χ3v) is 2.33. The summed E-state index contributed by atoms with van der Waals surface area (Å²) in [4.78, 5) is 22.4. The van der Waals surface area contributed by atoms with Crippen LogP contribution in [0.2, 0.25) is 0 Å². The van der Waals surface area contributed by atoms with Crippen molar-refractivity contribution < 1.29 is 14.7 Å². The van der Waals surface area contributed by atoms with Gasteiger partial charge in [0.15, 0.2) is 5.70 Å². The van der Waals surface area contributed by atoms with Crippen molar-refractivity contribution in [3.8, 4) is 0 Å². The number of aliphatic carboxylic acids is 1. The summed E-state index contributed by atoms with van der Waals surface area (Å²) in [5.74, 6) is -1.98. The summed E-state index contributed by atoms with van der Waals surface area (Å²) in [6.45, 7) is 1.87. The summed E-state index contributed by atoms with van der Waals surface area (Å²) < 4.78 is -0.502. The molecule has 0 fully saturated rings. The first kappa shape index (κ1) is 13.5. The number of halogens is 2. The van der Waals surface area contributed by atoms with E-state index in [-0.39, 0.29) is 0 Å². The maximum atomic E-state index is 11.6. The number of rotatable bonds is 3. The van der Waals surface area contributed by atoms with Crippen molar-refractivity contribution in [2.45, 2.75) is 6.92 Å². The molecule has 1 rings (SSSR count). The van der Waals surface area contributed by atoms with Crippen LogP contribution in [0.15, 0.2) is 34.5 Å². The van der Waals surface area contributed by atoms with E-state index in [1.165, 1.54) is 0 Å². The molecular weight excluding hydrogens is 265 g/mol. The van der Waals surface area contributed by atoms with Crippen molar-refractivity contribution in [2.24, 2.45) is 0 Å². The second kappa shape index (κ2) is 5.70. The van der Waals surface area contributed by atoms with Crippen LogP contribution < -0.4 is 5.32 Å². The Morgan fingerprint density at radius 3 is 2.12 bits per heavy atom. The molecule has 0 heterocycles. The Morgan fingerprint density at radius 2 is 1.71 bits per heavy atom. The summed E-state index contributed by atoms with van der Waals surface area (Å²) in [6, 6.07) is 6.63. The summed E-state index contributed by atoms with van der Waals surface area (Å²) >= 11 is 10.7. The molecule has 0 radical (unpaired) electrons. The monoisotopic (exact) mass is 273 g/mol. The average Bonchev–Trinajstić information content (AvgIpc) is 2.25. The van der Waals surface area contributed by atoms with Crippen LogP contribution in [0.3, 0.4) is 0 Å². The molecule has 1 amide bonds. The van der Waals surface area contributed by atoms with Gasteiger partial charge in [0.25, 0.3) is 5.91 Å². The number of carboxylic acids is 1. The van der Waals surface area contributed by atoms with E-state index in [9.17, 15) is 9.59 Å². The van der Waals surface area contributed by atoms with Crippen LogP contribution in [-0.2, 0) is 4.79 Å². The minimum Gasteiger partial charge on any atom is -0.477 e. The third kappa shape index (κ3) is 3.76. The van der Waals surface area contributed by atoms with Gasteiger partial charge in [-0.15, -0.1) is 0 Å². The molecule has 4 nitrogen and oxygen atoms in total. The highest BCUT2D eigenvalue weighted by Gasteiger charge is 2.16. The van der Waals surface area contributed by atoms with Gasteiger partial charge in [-0.3, -0.25) is 4.79 Å². The summed E-state index contributed by atoms with van der Waals surface area (Å²) in [7, 11) is 0. The Labute approximate surface area is 108 Å². The lowest BCUT2D eigenvalue weighted by Crippen LogP contribution is -2.27. The maximum Gasteiger partial charge on any atom is 0.354 e. The lowest BCUT2D eigenvalue weighted by Gasteiger charge is -2.06. The fraction of sp³-hybridized carbons (Fsp3) is 0.0909. The molecule has 90 valence electrons. The number of carboxylic acid groups (broad SMARTS) is 1. The standard InChI is InChI=1S/C11H9Cl2NO3/c1-6-2-4-7(5-3-6)10(15)14-8(9(12)13)11(16)17/h2-5H,1H3,(H,14,15)(H,16,17). The van der Waals surface area contributed by atoms with Crippen LogP contribution >= 0.6 is 23.2 Å². The largest absolute Gasteiger partial charge is 0.477 e. The number of carbonyl (C=O) groups is 2.